The van der Waals surface area contributed by atoms with Gasteiger partial charge in [-0.2, -0.15) is 0 Å². The van der Waals surface area contributed by atoms with E-state index < -0.39 is 0 Å². The first-order chi connectivity index (χ1) is 6.18. The maximum Gasteiger partial charge on any atom is 0.0344 e. The highest BCUT2D eigenvalue weighted by molar-refractivity contribution is 6.29. The molecule has 1 rings (SSSR count). The monoisotopic (exact) mass is 195 g/mol. The Hall–Kier alpha value is -0.950. The second-order valence-electron chi connectivity index (χ2n) is 3.04. The third kappa shape index (κ3) is 4.00. The van der Waals surface area contributed by atoms with Gasteiger partial charge in [-0.1, -0.05) is 35.4 Å². The molecule has 0 bridgehead atoms. The fraction of sp³-hybridized carbons (Fsp3) is 0.273. The fourth-order valence-electron chi connectivity index (χ4n) is 0.981. The van der Waals surface area contributed by atoms with Crippen molar-refractivity contribution in [3.63, 3.8) is 0 Å². The van der Waals surface area contributed by atoms with Crippen LogP contribution in [0, 0.1) is 6.92 Å². The van der Waals surface area contributed by atoms with Crippen LogP contribution in [-0.2, 0) is 0 Å². The van der Waals surface area contributed by atoms with E-state index in [1.54, 1.807) is 0 Å². The zero-order chi connectivity index (χ0) is 9.68. The van der Waals surface area contributed by atoms with Gasteiger partial charge in [-0.25, -0.2) is 0 Å². The molecule has 70 valence electrons. The van der Waals surface area contributed by atoms with E-state index in [0.717, 1.165) is 17.3 Å². The van der Waals surface area contributed by atoms with Crippen molar-refractivity contribution >= 4 is 17.3 Å². The molecule has 0 aromatic heterocycles. The van der Waals surface area contributed by atoms with Crippen LogP contribution in [-0.4, -0.2) is 6.54 Å². The lowest BCUT2D eigenvalue weighted by molar-refractivity contribution is 1.31. The molecule has 0 spiro atoms. The number of anilines is 1. The van der Waals surface area contributed by atoms with Crippen LogP contribution in [0.1, 0.15) is 12.5 Å². The van der Waals surface area contributed by atoms with E-state index in [-0.39, 0.29) is 0 Å². The van der Waals surface area contributed by atoms with Crippen molar-refractivity contribution in [2.24, 2.45) is 0 Å². The molecule has 0 aliphatic heterocycles. The SMILES string of the molecule is CC(Cl)=CCNc1ccc(C)cc1. The molecule has 1 nitrogen and oxygen atoms in total. The van der Waals surface area contributed by atoms with Gasteiger partial charge in [0, 0.05) is 17.3 Å². The van der Waals surface area contributed by atoms with Crippen molar-refractivity contribution in [2.45, 2.75) is 13.8 Å². The summed E-state index contributed by atoms with van der Waals surface area (Å²) in [4.78, 5) is 0. The number of benzene rings is 1. The lowest BCUT2D eigenvalue weighted by Gasteiger charge is -2.03. The summed E-state index contributed by atoms with van der Waals surface area (Å²) in [7, 11) is 0. The van der Waals surface area contributed by atoms with Gasteiger partial charge in [0.15, 0.2) is 0 Å². The van der Waals surface area contributed by atoms with E-state index in [1.165, 1.54) is 5.56 Å². The number of allylic oxidation sites excluding steroid dienone is 1. The molecule has 0 saturated heterocycles. The second-order valence-corrected chi connectivity index (χ2v) is 3.63. The zero-order valence-electron chi connectivity index (χ0n) is 7.97. The summed E-state index contributed by atoms with van der Waals surface area (Å²) >= 11 is 5.69. The van der Waals surface area contributed by atoms with Gasteiger partial charge >= 0.3 is 0 Å². The predicted molar refractivity (Wildman–Crippen MR) is 59.3 cm³/mol. The summed E-state index contributed by atoms with van der Waals surface area (Å²) in [5.74, 6) is 0. The average molecular weight is 196 g/mol. The van der Waals surface area contributed by atoms with Gasteiger partial charge in [-0.05, 0) is 26.0 Å². The molecule has 0 heterocycles. The molecule has 0 fully saturated rings. The Kier molecular flexibility index (Phi) is 3.84. The summed E-state index contributed by atoms with van der Waals surface area (Å²) in [5, 5.41) is 4.06. The Morgan fingerprint density at radius 2 is 2.00 bits per heavy atom. The quantitative estimate of drug-likeness (QED) is 0.778. The minimum absolute atomic E-state index is 0.776. The number of hydrogen-bond acceptors (Lipinski definition) is 1. The standard InChI is InChI=1S/C11H14ClN/c1-9-3-5-11(6-4-9)13-8-7-10(2)12/h3-7,13H,8H2,1-2H3. The molecule has 0 saturated carbocycles. The Labute approximate surface area is 84.4 Å². The second kappa shape index (κ2) is 4.93. The van der Waals surface area contributed by atoms with E-state index in [1.807, 2.05) is 13.0 Å². The molecular weight excluding hydrogens is 182 g/mol. The van der Waals surface area contributed by atoms with Crippen molar-refractivity contribution in [3.05, 3.63) is 40.9 Å². The van der Waals surface area contributed by atoms with Gasteiger partial charge in [-0.3, -0.25) is 0 Å². The number of hydrogen-bond donors (Lipinski definition) is 1. The van der Waals surface area contributed by atoms with Gasteiger partial charge in [0.05, 0.1) is 0 Å². The van der Waals surface area contributed by atoms with Crippen molar-refractivity contribution in [1.29, 1.82) is 0 Å². The molecule has 0 atom stereocenters. The van der Waals surface area contributed by atoms with Crippen molar-refractivity contribution in [2.75, 3.05) is 11.9 Å². The van der Waals surface area contributed by atoms with E-state index in [2.05, 4.69) is 36.5 Å². The maximum absolute atomic E-state index is 5.69. The molecular formula is C11H14ClN. The van der Waals surface area contributed by atoms with Crippen LogP contribution in [0.4, 0.5) is 5.69 Å². The van der Waals surface area contributed by atoms with Crippen molar-refractivity contribution < 1.29 is 0 Å². The molecule has 1 N–H and O–H groups in total. The van der Waals surface area contributed by atoms with Crippen LogP contribution < -0.4 is 5.32 Å². The highest BCUT2D eigenvalue weighted by Gasteiger charge is 1.88. The van der Waals surface area contributed by atoms with Gasteiger partial charge < -0.3 is 5.32 Å². The highest BCUT2D eigenvalue weighted by Crippen LogP contribution is 2.08. The normalized spacial score (nSPS) is 11.5. The predicted octanol–water partition coefficient (Wildman–Crippen LogP) is 3.55. The molecule has 0 aliphatic rings. The summed E-state index contributed by atoms with van der Waals surface area (Å²) in [6, 6.07) is 8.29. The van der Waals surface area contributed by atoms with Crippen LogP contribution in [0.3, 0.4) is 0 Å². The fourth-order valence-corrected chi connectivity index (χ4v) is 1.06. The molecule has 1 aromatic carbocycles. The minimum Gasteiger partial charge on any atom is -0.382 e. The number of rotatable bonds is 3. The lowest BCUT2D eigenvalue weighted by Crippen LogP contribution is -1.97. The third-order valence-corrected chi connectivity index (χ3v) is 1.90. The van der Waals surface area contributed by atoms with Gasteiger partial charge in [0.25, 0.3) is 0 Å². The van der Waals surface area contributed by atoms with Crippen molar-refractivity contribution in [1.82, 2.24) is 0 Å². The van der Waals surface area contributed by atoms with Crippen LogP contribution >= 0.6 is 11.6 Å². The average Bonchev–Trinajstić information content (AvgIpc) is 2.08. The summed E-state index contributed by atoms with van der Waals surface area (Å²) in [6.07, 6.45) is 1.95. The van der Waals surface area contributed by atoms with E-state index in [4.69, 9.17) is 11.6 Å². The van der Waals surface area contributed by atoms with Crippen molar-refractivity contribution in [3.8, 4) is 0 Å². The molecule has 0 aliphatic carbocycles. The first-order valence-corrected chi connectivity index (χ1v) is 4.69. The van der Waals surface area contributed by atoms with Gasteiger partial charge in [0.2, 0.25) is 0 Å². The zero-order valence-corrected chi connectivity index (χ0v) is 8.73. The summed E-state index contributed by atoms with van der Waals surface area (Å²) < 4.78 is 0. The van der Waals surface area contributed by atoms with Gasteiger partial charge in [0.1, 0.15) is 0 Å². The topological polar surface area (TPSA) is 12.0 Å². The van der Waals surface area contributed by atoms with E-state index in [9.17, 15) is 0 Å². The van der Waals surface area contributed by atoms with Gasteiger partial charge in [-0.15, -0.1) is 0 Å². The third-order valence-electron chi connectivity index (χ3n) is 1.74. The smallest absolute Gasteiger partial charge is 0.0344 e. The molecule has 0 radical (unpaired) electrons. The van der Waals surface area contributed by atoms with Crippen LogP contribution in [0.2, 0.25) is 0 Å². The number of aryl methyl sites for hydroxylation is 1. The molecule has 0 unspecified atom stereocenters. The summed E-state index contributed by atoms with van der Waals surface area (Å²) in [6.45, 7) is 4.73. The number of halogens is 1. The van der Waals surface area contributed by atoms with Crippen LogP contribution in [0.15, 0.2) is 35.4 Å². The first-order valence-electron chi connectivity index (χ1n) is 4.31. The minimum atomic E-state index is 0.776. The van der Waals surface area contributed by atoms with E-state index >= 15 is 0 Å². The summed E-state index contributed by atoms with van der Waals surface area (Å²) in [5.41, 5.74) is 2.40. The molecule has 13 heavy (non-hydrogen) atoms. The Morgan fingerprint density at radius 1 is 1.38 bits per heavy atom. The molecule has 1 aromatic rings. The largest absolute Gasteiger partial charge is 0.382 e. The maximum atomic E-state index is 5.69. The van der Waals surface area contributed by atoms with Crippen LogP contribution in [0.5, 0.6) is 0 Å². The number of nitrogens with one attached hydrogen (secondary N) is 1. The van der Waals surface area contributed by atoms with Crippen LogP contribution in [0.25, 0.3) is 0 Å². The highest BCUT2D eigenvalue weighted by atomic mass is 35.5. The lowest BCUT2D eigenvalue weighted by atomic mass is 10.2. The first kappa shape index (κ1) is 10.1. The Morgan fingerprint density at radius 3 is 2.54 bits per heavy atom. The Bertz CT molecular complexity index is 283. The Balaban J connectivity index is 2.46. The van der Waals surface area contributed by atoms with E-state index in [0.29, 0.717) is 0 Å². The molecule has 0 amide bonds. The molecule has 2 heteroatoms.